The van der Waals surface area contributed by atoms with Gasteiger partial charge in [0.1, 0.15) is 5.82 Å². The molecule has 76 valence electrons. The molecule has 0 aromatic carbocycles. The van der Waals surface area contributed by atoms with Crippen LogP contribution in [-0.4, -0.2) is 35.2 Å². The highest BCUT2D eigenvalue weighted by molar-refractivity contribution is 5.38. The van der Waals surface area contributed by atoms with Gasteiger partial charge in [-0.1, -0.05) is 6.92 Å². The maximum Gasteiger partial charge on any atom is 0.148 e. The van der Waals surface area contributed by atoms with Crippen LogP contribution in [0.3, 0.4) is 0 Å². The maximum absolute atomic E-state index is 4.22. The molecule has 4 heteroatoms. The number of nitrogens with one attached hydrogen (secondary N) is 1. The quantitative estimate of drug-likeness (QED) is 0.755. The Kier molecular flexibility index (Phi) is 2.63. The van der Waals surface area contributed by atoms with Crippen LogP contribution < -0.4 is 5.32 Å². The summed E-state index contributed by atoms with van der Waals surface area (Å²) in [6.45, 7) is 5.42. The third-order valence-corrected chi connectivity index (χ3v) is 2.72. The first kappa shape index (κ1) is 9.40. The summed E-state index contributed by atoms with van der Waals surface area (Å²) >= 11 is 0. The van der Waals surface area contributed by atoms with Crippen LogP contribution in [0.25, 0.3) is 0 Å². The van der Waals surface area contributed by atoms with Gasteiger partial charge in [-0.05, 0) is 18.2 Å². The van der Waals surface area contributed by atoms with E-state index in [1.165, 1.54) is 5.56 Å². The molecule has 0 radical (unpaired) electrons. The minimum Gasteiger partial charge on any atom is -0.372 e. The van der Waals surface area contributed by atoms with Gasteiger partial charge >= 0.3 is 0 Å². The Morgan fingerprint density at radius 1 is 1.50 bits per heavy atom. The number of likely N-dealkylation sites (N-methyl/N-ethyl adjacent to an activating group) is 1. The van der Waals surface area contributed by atoms with Crippen LogP contribution in [0.5, 0.6) is 0 Å². The first-order valence-corrected chi connectivity index (χ1v) is 5.09. The number of hydrogen-bond acceptors (Lipinski definition) is 4. The fraction of sp³-hybridized carbons (Fsp3) is 0.600. The smallest absolute Gasteiger partial charge is 0.148 e. The molecular weight excluding hydrogens is 176 g/mol. The zero-order valence-corrected chi connectivity index (χ0v) is 8.75. The highest BCUT2D eigenvalue weighted by Gasteiger charge is 2.16. The second-order valence-corrected chi connectivity index (χ2v) is 3.57. The normalized spacial score (nSPS) is 16.4. The van der Waals surface area contributed by atoms with E-state index in [9.17, 15) is 0 Å². The number of nitrogens with zero attached hydrogens (tertiary/aromatic N) is 3. The standard InChI is InChI=1S/C10H16N4/c1-3-14-5-4-9-8(7-14)6-10(11-2)13-12-9/h6H,3-5,7H2,1-2H3,(H,11,13). The molecule has 14 heavy (non-hydrogen) atoms. The van der Waals surface area contributed by atoms with Gasteiger partial charge in [0, 0.05) is 26.6 Å². The number of rotatable bonds is 2. The number of hydrogen-bond donors (Lipinski definition) is 1. The van der Waals surface area contributed by atoms with Crippen molar-refractivity contribution in [3.63, 3.8) is 0 Å². The maximum atomic E-state index is 4.22. The zero-order chi connectivity index (χ0) is 9.97. The minimum absolute atomic E-state index is 0.863. The van der Waals surface area contributed by atoms with Gasteiger partial charge in [-0.15, -0.1) is 5.10 Å². The Morgan fingerprint density at radius 3 is 3.07 bits per heavy atom. The summed E-state index contributed by atoms with van der Waals surface area (Å²) in [4.78, 5) is 2.42. The third kappa shape index (κ3) is 1.70. The van der Waals surface area contributed by atoms with Crippen molar-refractivity contribution in [2.24, 2.45) is 0 Å². The first-order chi connectivity index (χ1) is 6.83. The topological polar surface area (TPSA) is 41.1 Å². The summed E-state index contributed by atoms with van der Waals surface area (Å²) in [5.41, 5.74) is 2.48. The molecule has 0 saturated heterocycles. The molecule has 4 nitrogen and oxygen atoms in total. The summed E-state index contributed by atoms with van der Waals surface area (Å²) < 4.78 is 0. The van der Waals surface area contributed by atoms with Gasteiger partial charge in [-0.25, -0.2) is 0 Å². The Labute approximate surface area is 84.3 Å². The van der Waals surface area contributed by atoms with Gasteiger partial charge in [0.05, 0.1) is 5.69 Å². The van der Waals surface area contributed by atoms with Crippen molar-refractivity contribution in [3.8, 4) is 0 Å². The molecule has 0 amide bonds. The number of fused-ring (bicyclic) bond motifs is 1. The largest absolute Gasteiger partial charge is 0.372 e. The average Bonchev–Trinajstić information content (AvgIpc) is 2.27. The third-order valence-electron chi connectivity index (χ3n) is 2.72. The number of anilines is 1. The average molecular weight is 192 g/mol. The molecule has 1 aromatic rings. The Bertz CT molecular complexity index is 324. The lowest BCUT2D eigenvalue weighted by Gasteiger charge is -2.26. The van der Waals surface area contributed by atoms with E-state index in [2.05, 4.69) is 33.4 Å². The Morgan fingerprint density at radius 2 is 2.36 bits per heavy atom. The van der Waals surface area contributed by atoms with Crippen LogP contribution in [0.4, 0.5) is 5.82 Å². The fourth-order valence-electron chi connectivity index (χ4n) is 1.78. The van der Waals surface area contributed by atoms with Crippen molar-refractivity contribution < 1.29 is 0 Å². The summed E-state index contributed by atoms with van der Waals surface area (Å²) in [6, 6.07) is 2.10. The minimum atomic E-state index is 0.863. The fourth-order valence-corrected chi connectivity index (χ4v) is 1.78. The second kappa shape index (κ2) is 3.92. The van der Waals surface area contributed by atoms with Gasteiger partial charge in [0.2, 0.25) is 0 Å². The van der Waals surface area contributed by atoms with Gasteiger partial charge < -0.3 is 5.32 Å². The van der Waals surface area contributed by atoms with E-state index in [0.717, 1.165) is 37.6 Å². The van der Waals surface area contributed by atoms with Crippen molar-refractivity contribution in [3.05, 3.63) is 17.3 Å². The second-order valence-electron chi connectivity index (χ2n) is 3.57. The molecule has 0 atom stereocenters. The highest BCUT2D eigenvalue weighted by atomic mass is 15.2. The van der Waals surface area contributed by atoms with Crippen molar-refractivity contribution in [2.45, 2.75) is 19.9 Å². The van der Waals surface area contributed by atoms with Crippen LogP contribution in [0.15, 0.2) is 6.07 Å². The molecular formula is C10H16N4. The van der Waals surface area contributed by atoms with Crippen molar-refractivity contribution in [1.29, 1.82) is 0 Å². The van der Waals surface area contributed by atoms with E-state index in [0.29, 0.717) is 0 Å². The molecule has 1 aliphatic rings. The van der Waals surface area contributed by atoms with Crippen LogP contribution in [0.1, 0.15) is 18.2 Å². The molecule has 0 unspecified atom stereocenters. The SMILES string of the molecule is CCN1CCc2nnc(NC)cc2C1. The zero-order valence-electron chi connectivity index (χ0n) is 8.75. The van der Waals surface area contributed by atoms with Gasteiger partial charge in [-0.3, -0.25) is 4.90 Å². The molecule has 0 bridgehead atoms. The summed E-state index contributed by atoms with van der Waals surface area (Å²) in [5, 5.41) is 11.3. The van der Waals surface area contributed by atoms with Crippen LogP contribution in [0, 0.1) is 0 Å². The monoisotopic (exact) mass is 192 g/mol. The lowest BCUT2D eigenvalue weighted by molar-refractivity contribution is 0.265. The van der Waals surface area contributed by atoms with E-state index in [-0.39, 0.29) is 0 Å². The van der Waals surface area contributed by atoms with E-state index in [1.807, 2.05) is 7.05 Å². The molecule has 0 saturated carbocycles. The molecule has 1 N–H and O–H groups in total. The van der Waals surface area contributed by atoms with E-state index in [1.54, 1.807) is 0 Å². The lowest BCUT2D eigenvalue weighted by Crippen LogP contribution is -2.31. The van der Waals surface area contributed by atoms with Crippen molar-refractivity contribution >= 4 is 5.82 Å². The summed E-state index contributed by atoms with van der Waals surface area (Å²) in [5.74, 6) is 0.863. The Balaban J connectivity index is 2.25. The van der Waals surface area contributed by atoms with E-state index >= 15 is 0 Å². The molecule has 1 aromatic heterocycles. The molecule has 2 rings (SSSR count). The molecule has 1 aliphatic heterocycles. The van der Waals surface area contributed by atoms with Gasteiger partial charge in [0.25, 0.3) is 0 Å². The Hall–Kier alpha value is -1.16. The molecule has 0 aliphatic carbocycles. The highest BCUT2D eigenvalue weighted by Crippen LogP contribution is 2.17. The van der Waals surface area contributed by atoms with Crippen LogP contribution in [-0.2, 0) is 13.0 Å². The van der Waals surface area contributed by atoms with Gasteiger partial charge in [0.15, 0.2) is 0 Å². The summed E-state index contributed by atoms with van der Waals surface area (Å²) in [6.07, 6.45) is 1.03. The van der Waals surface area contributed by atoms with Crippen LogP contribution >= 0.6 is 0 Å². The predicted molar refractivity (Wildman–Crippen MR) is 56.2 cm³/mol. The molecule has 0 spiro atoms. The van der Waals surface area contributed by atoms with E-state index in [4.69, 9.17) is 0 Å². The predicted octanol–water partition coefficient (Wildman–Crippen LogP) is 0.896. The first-order valence-electron chi connectivity index (χ1n) is 5.09. The molecule has 2 heterocycles. The number of aromatic nitrogens is 2. The lowest BCUT2D eigenvalue weighted by atomic mass is 10.1. The summed E-state index contributed by atoms with van der Waals surface area (Å²) in [7, 11) is 1.87. The molecule has 0 fully saturated rings. The van der Waals surface area contributed by atoms with Crippen molar-refractivity contribution in [2.75, 3.05) is 25.5 Å². The van der Waals surface area contributed by atoms with Gasteiger partial charge in [-0.2, -0.15) is 5.10 Å². The van der Waals surface area contributed by atoms with Crippen LogP contribution in [0.2, 0.25) is 0 Å². The van der Waals surface area contributed by atoms with Crippen molar-refractivity contribution in [1.82, 2.24) is 15.1 Å². The van der Waals surface area contributed by atoms with E-state index < -0.39 is 0 Å².